The van der Waals surface area contributed by atoms with Gasteiger partial charge in [0, 0.05) is 53.2 Å². The van der Waals surface area contributed by atoms with Gasteiger partial charge in [-0.05, 0) is 63.2 Å². The van der Waals surface area contributed by atoms with Crippen LogP contribution in [0.25, 0.3) is 10.9 Å². The van der Waals surface area contributed by atoms with Gasteiger partial charge in [0.1, 0.15) is 5.03 Å². The topological polar surface area (TPSA) is 89.6 Å². The van der Waals surface area contributed by atoms with E-state index < -0.39 is 10.0 Å². The molecule has 0 bridgehead atoms. The first kappa shape index (κ1) is 22.8. The molecule has 8 nitrogen and oxygen atoms in total. The average Bonchev–Trinajstić information content (AvgIpc) is 3.47. The molecule has 33 heavy (non-hydrogen) atoms. The van der Waals surface area contributed by atoms with Gasteiger partial charge in [-0.3, -0.25) is 4.79 Å². The number of H-pyrrole nitrogens is 1. The highest BCUT2D eigenvalue weighted by molar-refractivity contribution is 7.89. The summed E-state index contributed by atoms with van der Waals surface area (Å²) >= 11 is 7.50. The van der Waals surface area contributed by atoms with E-state index in [0.717, 1.165) is 36.8 Å². The van der Waals surface area contributed by atoms with Crippen LogP contribution in [0.4, 0.5) is 0 Å². The SMILES string of the molecule is CN1CCC(c2cnc(C(=O)N3CCN(S(=O)(=O)c4cc5cc(Cl)ccc5[nH]4)CC3)s2)CC1. The molecule has 5 rings (SSSR count). The summed E-state index contributed by atoms with van der Waals surface area (Å²) in [6.07, 6.45) is 4.02. The highest BCUT2D eigenvalue weighted by Gasteiger charge is 2.32. The van der Waals surface area contributed by atoms with Crippen molar-refractivity contribution in [1.82, 2.24) is 24.1 Å². The smallest absolute Gasteiger partial charge is 0.282 e. The number of hydrogen-bond donors (Lipinski definition) is 1. The van der Waals surface area contributed by atoms with E-state index in [1.165, 1.54) is 20.5 Å². The lowest BCUT2D eigenvalue weighted by molar-refractivity contribution is 0.0697. The number of aromatic amines is 1. The second-order valence-electron chi connectivity index (χ2n) is 8.71. The number of fused-ring (bicyclic) bond motifs is 1. The molecule has 2 aliphatic heterocycles. The van der Waals surface area contributed by atoms with Crippen LogP contribution in [0, 0.1) is 0 Å². The number of likely N-dealkylation sites (tertiary alicyclic amines) is 1. The van der Waals surface area contributed by atoms with Crippen molar-refractivity contribution in [3.05, 3.63) is 45.4 Å². The van der Waals surface area contributed by atoms with E-state index in [4.69, 9.17) is 11.6 Å². The number of piperazine rings is 1. The van der Waals surface area contributed by atoms with Crippen molar-refractivity contribution in [2.75, 3.05) is 46.3 Å². The largest absolute Gasteiger partial charge is 0.345 e. The summed E-state index contributed by atoms with van der Waals surface area (Å²) in [5.41, 5.74) is 0.718. The molecule has 4 heterocycles. The molecule has 1 aromatic carbocycles. The first-order chi connectivity index (χ1) is 15.8. The number of nitrogens with zero attached hydrogens (tertiary/aromatic N) is 4. The molecule has 0 saturated carbocycles. The summed E-state index contributed by atoms with van der Waals surface area (Å²) < 4.78 is 27.7. The molecule has 1 amide bonds. The van der Waals surface area contributed by atoms with Gasteiger partial charge >= 0.3 is 0 Å². The van der Waals surface area contributed by atoms with Crippen molar-refractivity contribution in [2.45, 2.75) is 23.8 Å². The molecule has 0 atom stereocenters. The van der Waals surface area contributed by atoms with Gasteiger partial charge in [-0.15, -0.1) is 11.3 Å². The zero-order valence-corrected chi connectivity index (χ0v) is 20.7. The number of thiazole rings is 1. The van der Waals surface area contributed by atoms with Gasteiger partial charge in [0.25, 0.3) is 15.9 Å². The number of rotatable bonds is 4. The first-order valence-electron chi connectivity index (χ1n) is 11.0. The number of sulfonamides is 1. The Morgan fingerprint density at radius 3 is 2.58 bits per heavy atom. The Kier molecular flexibility index (Phi) is 6.21. The molecular formula is C22H26ClN5O3S2. The van der Waals surface area contributed by atoms with Gasteiger partial charge < -0.3 is 14.8 Å². The molecule has 3 aromatic rings. The van der Waals surface area contributed by atoms with Crippen molar-refractivity contribution in [1.29, 1.82) is 0 Å². The summed E-state index contributed by atoms with van der Waals surface area (Å²) in [4.78, 5) is 25.6. The van der Waals surface area contributed by atoms with Gasteiger partial charge in [0.15, 0.2) is 5.01 Å². The lowest BCUT2D eigenvalue weighted by atomic mass is 9.96. The Morgan fingerprint density at radius 1 is 1.12 bits per heavy atom. The maximum atomic E-state index is 13.1. The van der Waals surface area contributed by atoms with E-state index >= 15 is 0 Å². The van der Waals surface area contributed by atoms with Crippen LogP contribution in [0.5, 0.6) is 0 Å². The van der Waals surface area contributed by atoms with Gasteiger partial charge in [-0.25, -0.2) is 13.4 Å². The van der Waals surface area contributed by atoms with Crippen LogP contribution in [-0.4, -0.2) is 84.7 Å². The van der Waals surface area contributed by atoms with Crippen LogP contribution in [-0.2, 0) is 10.0 Å². The summed E-state index contributed by atoms with van der Waals surface area (Å²) in [5, 5.41) is 1.94. The maximum Gasteiger partial charge on any atom is 0.282 e. The van der Waals surface area contributed by atoms with E-state index in [-0.39, 0.29) is 24.0 Å². The van der Waals surface area contributed by atoms with Crippen LogP contribution >= 0.6 is 22.9 Å². The molecule has 0 spiro atoms. The Bertz CT molecular complexity index is 1270. The molecule has 0 radical (unpaired) electrons. The number of halogens is 1. The van der Waals surface area contributed by atoms with Crippen molar-refractivity contribution >= 4 is 49.8 Å². The third-order valence-corrected chi connectivity index (χ3v) is 9.73. The van der Waals surface area contributed by atoms with E-state index in [1.54, 1.807) is 29.2 Å². The fourth-order valence-electron chi connectivity index (χ4n) is 4.49. The minimum atomic E-state index is -3.69. The predicted octanol–water partition coefficient (Wildman–Crippen LogP) is 3.23. The third-order valence-electron chi connectivity index (χ3n) is 6.53. The Morgan fingerprint density at radius 2 is 1.85 bits per heavy atom. The molecule has 1 N–H and O–H groups in total. The molecule has 2 fully saturated rings. The highest BCUT2D eigenvalue weighted by atomic mass is 35.5. The van der Waals surface area contributed by atoms with Crippen molar-refractivity contribution < 1.29 is 13.2 Å². The minimum Gasteiger partial charge on any atom is -0.345 e. The number of aromatic nitrogens is 2. The van der Waals surface area contributed by atoms with Crippen LogP contribution in [0.2, 0.25) is 5.02 Å². The number of carbonyl (C=O) groups is 1. The minimum absolute atomic E-state index is 0.114. The summed E-state index contributed by atoms with van der Waals surface area (Å²) in [5.74, 6) is 0.352. The number of piperidine rings is 1. The van der Waals surface area contributed by atoms with E-state index in [2.05, 4.69) is 21.9 Å². The highest BCUT2D eigenvalue weighted by Crippen LogP contribution is 2.32. The number of nitrogens with one attached hydrogen (secondary N) is 1. The average molecular weight is 508 g/mol. The molecule has 2 saturated heterocycles. The maximum absolute atomic E-state index is 13.1. The molecule has 176 valence electrons. The molecular weight excluding hydrogens is 482 g/mol. The van der Waals surface area contributed by atoms with E-state index in [9.17, 15) is 13.2 Å². The van der Waals surface area contributed by atoms with Crippen molar-refractivity contribution in [2.24, 2.45) is 0 Å². The molecule has 11 heteroatoms. The second-order valence-corrected chi connectivity index (χ2v) is 12.1. The van der Waals surface area contributed by atoms with Crippen LogP contribution in [0.1, 0.15) is 33.4 Å². The number of amides is 1. The van der Waals surface area contributed by atoms with Gasteiger partial charge in [-0.1, -0.05) is 11.6 Å². The van der Waals surface area contributed by atoms with Crippen molar-refractivity contribution in [3.8, 4) is 0 Å². The number of carbonyl (C=O) groups excluding carboxylic acids is 1. The molecule has 2 aliphatic rings. The Labute approximate surface area is 202 Å². The lowest BCUT2D eigenvalue weighted by Crippen LogP contribution is -2.50. The summed E-state index contributed by atoms with van der Waals surface area (Å²) in [6.45, 7) is 3.30. The van der Waals surface area contributed by atoms with Gasteiger partial charge in [0.05, 0.1) is 0 Å². The standard InChI is InChI=1S/C22H26ClN5O3S2/c1-26-6-4-15(5-7-26)19-14-24-21(32-19)22(29)27-8-10-28(11-9-27)33(30,31)20-13-16-12-17(23)2-3-18(16)25-20/h2-3,12-15,25H,4-11H2,1H3. The number of hydrogen-bond acceptors (Lipinski definition) is 6. The van der Waals surface area contributed by atoms with E-state index in [1.807, 2.05) is 6.20 Å². The second kappa shape index (κ2) is 8.99. The molecule has 2 aromatic heterocycles. The van der Waals surface area contributed by atoms with Crippen molar-refractivity contribution in [3.63, 3.8) is 0 Å². The van der Waals surface area contributed by atoms with Crippen LogP contribution in [0.3, 0.4) is 0 Å². The number of benzene rings is 1. The monoisotopic (exact) mass is 507 g/mol. The van der Waals surface area contributed by atoms with Crippen LogP contribution < -0.4 is 0 Å². The zero-order valence-electron chi connectivity index (χ0n) is 18.3. The first-order valence-corrected chi connectivity index (χ1v) is 13.7. The quantitative estimate of drug-likeness (QED) is 0.585. The Balaban J connectivity index is 1.23. The van der Waals surface area contributed by atoms with Crippen LogP contribution in [0.15, 0.2) is 35.5 Å². The third kappa shape index (κ3) is 4.54. The lowest BCUT2D eigenvalue weighted by Gasteiger charge is -2.33. The van der Waals surface area contributed by atoms with Gasteiger partial charge in [0.2, 0.25) is 0 Å². The predicted molar refractivity (Wildman–Crippen MR) is 130 cm³/mol. The fraction of sp³-hybridized carbons (Fsp3) is 0.455. The fourth-order valence-corrected chi connectivity index (χ4v) is 7.16. The Hall–Kier alpha value is -1.98. The molecule has 0 aliphatic carbocycles. The molecule has 0 unspecified atom stereocenters. The summed E-state index contributed by atoms with van der Waals surface area (Å²) in [6, 6.07) is 6.82. The van der Waals surface area contributed by atoms with E-state index in [0.29, 0.717) is 29.0 Å². The normalized spacial score (nSPS) is 19.4. The zero-order chi connectivity index (χ0) is 23.2. The summed E-state index contributed by atoms with van der Waals surface area (Å²) in [7, 11) is -1.56. The van der Waals surface area contributed by atoms with Gasteiger partial charge in [-0.2, -0.15) is 4.31 Å².